The molecule has 60 heavy (non-hydrogen) atoms. The molecule has 0 saturated heterocycles. The van der Waals surface area contributed by atoms with Crippen LogP contribution in [0.25, 0.3) is 22.2 Å². The monoisotopic (exact) mass is 850 g/mol. The molecule has 3 aromatic carbocycles. The van der Waals surface area contributed by atoms with E-state index < -0.39 is 8.07 Å². The van der Waals surface area contributed by atoms with Crippen molar-refractivity contribution in [1.82, 2.24) is 24.4 Å². The quantitative estimate of drug-likeness (QED) is 0.0655. The van der Waals surface area contributed by atoms with Gasteiger partial charge < -0.3 is 14.2 Å². The van der Waals surface area contributed by atoms with E-state index in [2.05, 4.69) is 56.0 Å². The molecule has 0 fully saturated rings. The van der Waals surface area contributed by atoms with Gasteiger partial charge in [0, 0.05) is 59.4 Å². The van der Waals surface area contributed by atoms with Gasteiger partial charge in [0.25, 0.3) is 5.91 Å². The number of benzene rings is 3. The molecule has 0 saturated carbocycles. The molecule has 11 heteroatoms. The number of halogens is 2. The van der Waals surface area contributed by atoms with Crippen LogP contribution in [0.4, 0.5) is 5.82 Å². The van der Waals surface area contributed by atoms with Gasteiger partial charge in [0.2, 0.25) is 0 Å². The highest BCUT2D eigenvalue weighted by Gasteiger charge is 2.33. The lowest BCUT2D eigenvalue weighted by molar-refractivity contribution is 0.0575. The van der Waals surface area contributed by atoms with Gasteiger partial charge >= 0.3 is 0 Å². The third kappa shape index (κ3) is 9.15. The highest BCUT2D eigenvalue weighted by Crippen LogP contribution is 2.37. The first kappa shape index (κ1) is 41.3. The molecule has 0 N–H and O–H groups in total. The van der Waals surface area contributed by atoms with E-state index in [1.54, 1.807) is 6.20 Å². The van der Waals surface area contributed by atoms with Crippen LogP contribution in [0.1, 0.15) is 63.0 Å². The molecule has 0 radical (unpaired) electrons. The number of fused-ring (bicyclic) bond motifs is 2. The second-order valence-corrected chi connectivity index (χ2v) is 23.0. The first-order valence-electron chi connectivity index (χ1n) is 20.5. The Labute approximate surface area is 362 Å². The predicted molar refractivity (Wildman–Crippen MR) is 246 cm³/mol. The van der Waals surface area contributed by atoms with Crippen molar-refractivity contribution < 1.29 is 9.53 Å². The largest absolute Gasteiger partial charge is 0.361 e. The van der Waals surface area contributed by atoms with E-state index in [0.29, 0.717) is 33.7 Å². The van der Waals surface area contributed by atoms with Crippen molar-refractivity contribution >= 4 is 59.7 Å². The minimum absolute atomic E-state index is 0.151. The molecular weight excluding hydrogens is 804 g/mol. The number of rotatable bonds is 13. The van der Waals surface area contributed by atoms with Gasteiger partial charge in [-0.15, -0.1) is 0 Å². The van der Waals surface area contributed by atoms with Crippen LogP contribution in [0.3, 0.4) is 0 Å². The highest BCUT2D eigenvalue weighted by atomic mass is 35.5. The number of ether oxygens (including phenoxy) is 1. The van der Waals surface area contributed by atoms with Crippen LogP contribution in [-0.4, -0.2) is 50.7 Å². The van der Waals surface area contributed by atoms with Crippen molar-refractivity contribution in [2.45, 2.75) is 71.2 Å². The molecule has 0 spiro atoms. The van der Waals surface area contributed by atoms with Crippen molar-refractivity contribution in [1.29, 1.82) is 0 Å². The van der Waals surface area contributed by atoms with Crippen LogP contribution in [-0.2, 0) is 24.4 Å². The van der Waals surface area contributed by atoms with Gasteiger partial charge in [-0.2, -0.15) is 0 Å². The second kappa shape index (κ2) is 18.0. The topological polar surface area (TPSA) is 85.5 Å². The second-order valence-electron chi connectivity index (χ2n) is 16.6. The maximum atomic E-state index is 15.4. The summed E-state index contributed by atoms with van der Waals surface area (Å²) in [5.74, 6) is 0.438. The van der Waals surface area contributed by atoms with E-state index in [0.717, 1.165) is 81.3 Å². The number of hydrogen-bond acceptors (Lipinski definition) is 6. The van der Waals surface area contributed by atoms with Crippen molar-refractivity contribution in [2.24, 2.45) is 4.99 Å². The molecule has 8 nitrogen and oxygen atoms in total. The Bertz CT molecular complexity index is 2600. The molecule has 4 heterocycles. The zero-order chi connectivity index (χ0) is 41.8. The predicted octanol–water partition coefficient (Wildman–Crippen LogP) is 12.3. The van der Waals surface area contributed by atoms with E-state index in [4.69, 9.17) is 47.9 Å². The molecule has 0 bridgehead atoms. The molecule has 1 atom stereocenters. The first-order valence-corrected chi connectivity index (χ1v) is 24.9. The van der Waals surface area contributed by atoms with Gasteiger partial charge in [0.05, 0.1) is 40.7 Å². The average molecular weight is 852 g/mol. The van der Waals surface area contributed by atoms with Gasteiger partial charge in [0.1, 0.15) is 12.4 Å². The fraction of sp³-hybridized carbons (Fsp3) is 0.245. The molecule has 1 aliphatic carbocycles. The number of nitrogens with zero attached hydrogens (tertiary/aromatic N) is 6. The number of aliphatic imine (C=N–C) groups is 1. The number of aryl methyl sites for hydroxylation is 2. The van der Waals surface area contributed by atoms with Crippen LogP contribution >= 0.6 is 23.2 Å². The Morgan fingerprint density at radius 3 is 2.27 bits per heavy atom. The van der Waals surface area contributed by atoms with Crippen molar-refractivity contribution in [2.75, 3.05) is 6.61 Å². The number of pyridine rings is 3. The Hall–Kier alpha value is -5.45. The summed E-state index contributed by atoms with van der Waals surface area (Å²) in [6.45, 7) is 10.1. The number of hydrogen-bond donors (Lipinski definition) is 0. The molecule has 1 aliphatic rings. The van der Waals surface area contributed by atoms with Gasteiger partial charge in [-0.1, -0.05) is 122 Å². The molecular formula is C49H48Cl2N6O2Si. The Balaban J connectivity index is 1.23. The van der Waals surface area contributed by atoms with Crippen LogP contribution in [0.5, 0.6) is 0 Å². The van der Waals surface area contributed by atoms with Crippen molar-refractivity contribution in [3.05, 3.63) is 177 Å². The number of amides is 1. The van der Waals surface area contributed by atoms with Gasteiger partial charge in [-0.3, -0.25) is 14.8 Å². The zero-order valence-electron chi connectivity index (χ0n) is 34.4. The maximum absolute atomic E-state index is 15.4. The lowest BCUT2D eigenvalue weighted by Gasteiger charge is -2.35. The van der Waals surface area contributed by atoms with E-state index in [1.165, 1.54) is 0 Å². The van der Waals surface area contributed by atoms with Gasteiger partial charge in [-0.25, -0.2) is 9.98 Å². The number of carbonyl (C=O) groups excluding carboxylic acids is 1. The molecule has 7 aromatic rings. The summed E-state index contributed by atoms with van der Waals surface area (Å²) >= 11 is 13.1. The summed E-state index contributed by atoms with van der Waals surface area (Å²) in [7, 11) is -1.37. The van der Waals surface area contributed by atoms with Crippen LogP contribution < -0.4 is 0 Å². The highest BCUT2D eigenvalue weighted by molar-refractivity contribution is 6.76. The van der Waals surface area contributed by atoms with E-state index in [1.807, 2.05) is 101 Å². The summed E-state index contributed by atoms with van der Waals surface area (Å²) in [4.78, 5) is 37.5. The van der Waals surface area contributed by atoms with Gasteiger partial charge in [-0.05, 0) is 79.8 Å². The molecule has 1 amide bonds. The summed E-state index contributed by atoms with van der Waals surface area (Å²) in [6.07, 6.45) is 6.21. The molecule has 1 unspecified atom stereocenters. The minimum atomic E-state index is -1.37. The molecule has 4 aromatic heterocycles. The van der Waals surface area contributed by atoms with Gasteiger partial charge in [0.15, 0.2) is 5.82 Å². The molecule has 8 rings (SSSR count). The normalized spacial score (nSPS) is 13.9. The number of aromatic nitrogens is 4. The summed E-state index contributed by atoms with van der Waals surface area (Å²) in [5.41, 5.74) is 9.98. The summed E-state index contributed by atoms with van der Waals surface area (Å²) in [5, 5.41) is 1.10. The lowest BCUT2D eigenvalue weighted by Crippen LogP contribution is -2.38. The lowest BCUT2D eigenvalue weighted by atomic mass is 9.90. The van der Waals surface area contributed by atoms with Crippen molar-refractivity contribution in [3.8, 4) is 11.1 Å². The van der Waals surface area contributed by atoms with Crippen LogP contribution in [0, 0.1) is 6.92 Å². The number of carbonyl (C=O) groups is 1. The van der Waals surface area contributed by atoms with Crippen LogP contribution in [0.15, 0.2) is 133 Å². The Morgan fingerprint density at radius 2 is 1.60 bits per heavy atom. The third-order valence-electron chi connectivity index (χ3n) is 11.0. The molecule has 0 aliphatic heterocycles. The van der Waals surface area contributed by atoms with E-state index in [9.17, 15) is 0 Å². The minimum Gasteiger partial charge on any atom is -0.361 e. The SMILES string of the molecule is Cc1cc2c(cc(C(=O)N(Cc3ccc(-c4c(Cl)cccc4Cl)cn3)C3CCCc4cccnc43)n2COCC[Si](C)(C)C)nc1N=C(c1ccccc1)c1ccccc1. The summed E-state index contributed by atoms with van der Waals surface area (Å²) < 4.78 is 8.38. The third-order valence-corrected chi connectivity index (χ3v) is 13.3. The Kier molecular flexibility index (Phi) is 12.4. The first-order chi connectivity index (χ1) is 29.0. The zero-order valence-corrected chi connectivity index (χ0v) is 36.9. The fourth-order valence-corrected chi connectivity index (χ4v) is 9.17. The van der Waals surface area contributed by atoms with Crippen molar-refractivity contribution in [3.63, 3.8) is 0 Å². The fourth-order valence-electron chi connectivity index (χ4n) is 7.79. The smallest absolute Gasteiger partial charge is 0.271 e. The summed E-state index contributed by atoms with van der Waals surface area (Å²) in [6, 6.07) is 38.5. The average Bonchev–Trinajstić information content (AvgIpc) is 3.60. The Morgan fingerprint density at radius 1 is 0.883 bits per heavy atom. The maximum Gasteiger partial charge on any atom is 0.271 e. The van der Waals surface area contributed by atoms with E-state index in [-0.39, 0.29) is 25.2 Å². The molecule has 304 valence electrons. The van der Waals surface area contributed by atoms with E-state index >= 15 is 4.79 Å². The van der Waals surface area contributed by atoms with Crippen LogP contribution in [0.2, 0.25) is 35.7 Å². The standard InChI is InChI=1S/C49H48Cl2N6O2Si/c1-33-28-43-41(54-48(33)55-46(34-14-7-5-8-15-34)35-16-9-6-10-17-35)29-44(57(43)32-59-26-27-60(2,3)4)49(58)56(42-22-11-18-36-19-13-25-52-47(36)42)31-38-24-23-37(30-53-38)45-39(50)20-12-21-40(45)51/h5-10,12-17,19-21,23-25,28-30,42H,11,18,22,26-27,31-32H2,1-4H3.